The van der Waals surface area contributed by atoms with E-state index in [9.17, 15) is 14.9 Å². The number of methoxy groups -OCH3 is 1. The molecule has 0 aliphatic carbocycles. The molecule has 2 N–H and O–H groups in total. The molecule has 0 saturated heterocycles. The molecule has 0 unspecified atom stereocenters. The van der Waals surface area contributed by atoms with Gasteiger partial charge in [-0.25, -0.2) is 4.99 Å². The molecule has 146 valence electrons. The number of amidine groups is 1. The quantitative estimate of drug-likeness (QED) is 0.450. The number of nitrogens with one attached hydrogen (secondary N) is 2. The van der Waals surface area contributed by atoms with E-state index in [0.717, 1.165) is 0 Å². The fourth-order valence-corrected chi connectivity index (χ4v) is 3.02. The van der Waals surface area contributed by atoms with Crippen molar-refractivity contribution in [1.82, 2.24) is 10.6 Å². The van der Waals surface area contributed by atoms with Gasteiger partial charge in [0.25, 0.3) is 11.8 Å². The van der Waals surface area contributed by atoms with Crippen molar-refractivity contribution in [2.45, 2.75) is 0 Å². The lowest BCUT2D eigenvalue weighted by Gasteiger charge is -2.07. The third kappa shape index (κ3) is 4.35. The molecule has 7 nitrogen and oxygen atoms in total. The number of ether oxygens (including phenoxy) is 1. The second-order valence-corrected chi connectivity index (χ2v) is 6.43. The summed E-state index contributed by atoms with van der Waals surface area (Å²) in [5, 5.41) is 15.2. The zero-order valence-corrected chi connectivity index (χ0v) is 16.3. The maximum absolute atomic E-state index is 12.6. The van der Waals surface area contributed by atoms with E-state index in [-0.39, 0.29) is 23.7 Å². The first kappa shape index (κ1) is 20.3. The second-order valence-electron chi connectivity index (χ2n) is 6.02. The maximum atomic E-state index is 12.6. The number of carbonyl (C=O) groups excluding carboxylic acids is 2. The predicted molar refractivity (Wildman–Crippen MR) is 109 cm³/mol. The van der Waals surface area contributed by atoms with Crippen molar-refractivity contribution in [3.8, 4) is 6.07 Å². The number of nitrogens with zero attached hydrogens (tertiary/aromatic N) is 2. The molecule has 0 fully saturated rings. The first-order valence-electron chi connectivity index (χ1n) is 8.72. The van der Waals surface area contributed by atoms with Crippen LogP contribution in [0.1, 0.15) is 21.5 Å². The largest absolute Gasteiger partial charge is 0.383 e. The standard InChI is InChI=1S/C21H17ClN4O3/c1-29-11-10-24-20(27)16(12-23)18-13-6-2-3-7-14(13)19(25-18)26-21(28)15-8-4-5-9-17(15)22/h2-9H,10-11H2,1H3,(H,24,27)(H,25,26,28)/b18-16-. The van der Waals surface area contributed by atoms with Gasteiger partial charge < -0.3 is 15.4 Å². The summed E-state index contributed by atoms with van der Waals surface area (Å²) < 4.78 is 4.90. The van der Waals surface area contributed by atoms with Crippen molar-refractivity contribution >= 4 is 34.9 Å². The van der Waals surface area contributed by atoms with Crippen LogP contribution in [0.4, 0.5) is 0 Å². The fourth-order valence-electron chi connectivity index (χ4n) is 2.80. The van der Waals surface area contributed by atoms with E-state index in [1.54, 1.807) is 48.5 Å². The molecule has 2 amide bonds. The van der Waals surface area contributed by atoms with Crippen molar-refractivity contribution in [3.05, 3.63) is 75.8 Å². The number of nitriles is 1. The Labute approximate surface area is 172 Å². The van der Waals surface area contributed by atoms with Gasteiger partial charge in [-0.3, -0.25) is 9.59 Å². The lowest BCUT2D eigenvalue weighted by Crippen LogP contribution is -2.30. The minimum Gasteiger partial charge on any atom is -0.383 e. The minimum atomic E-state index is -0.559. The summed E-state index contributed by atoms with van der Waals surface area (Å²) in [6.45, 7) is 0.577. The van der Waals surface area contributed by atoms with Gasteiger partial charge in [-0.1, -0.05) is 48.0 Å². The number of amides is 2. The maximum Gasteiger partial charge on any atom is 0.264 e. The van der Waals surface area contributed by atoms with Crippen molar-refractivity contribution in [2.75, 3.05) is 20.3 Å². The molecule has 0 aromatic heterocycles. The fraction of sp³-hybridized carbons (Fsp3) is 0.143. The van der Waals surface area contributed by atoms with Crippen LogP contribution in [0.5, 0.6) is 0 Å². The minimum absolute atomic E-state index is 0.143. The zero-order chi connectivity index (χ0) is 20.8. The predicted octanol–water partition coefficient (Wildman–Crippen LogP) is 2.53. The van der Waals surface area contributed by atoms with Crippen LogP contribution < -0.4 is 10.6 Å². The SMILES string of the molecule is COCCNC(=O)/C(C#N)=C1\N=C(NC(=O)c2ccccc2Cl)c2ccccc21. The summed E-state index contributed by atoms with van der Waals surface area (Å²) >= 11 is 6.09. The summed E-state index contributed by atoms with van der Waals surface area (Å²) in [4.78, 5) is 29.4. The highest BCUT2D eigenvalue weighted by Gasteiger charge is 2.27. The number of hydrogen-bond donors (Lipinski definition) is 2. The smallest absolute Gasteiger partial charge is 0.264 e. The third-order valence-corrected chi connectivity index (χ3v) is 4.51. The highest BCUT2D eigenvalue weighted by Crippen LogP contribution is 2.30. The van der Waals surface area contributed by atoms with Crippen molar-refractivity contribution < 1.29 is 14.3 Å². The lowest BCUT2D eigenvalue weighted by molar-refractivity contribution is -0.117. The Morgan fingerprint density at radius 1 is 1.14 bits per heavy atom. The van der Waals surface area contributed by atoms with Crippen LogP contribution in [-0.2, 0) is 9.53 Å². The summed E-state index contributed by atoms with van der Waals surface area (Å²) in [6.07, 6.45) is 0. The Balaban J connectivity index is 1.96. The number of fused-ring (bicyclic) bond motifs is 1. The number of benzene rings is 2. The molecular weight excluding hydrogens is 392 g/mol. The van der Waals surface area contributed by atoms with E-state index >= 15 is 0 Å². The average Bonchev–Trinajstić information content (AvgIpc) is 3.07. The van der Waals surface area contributed by atoms with Crippen LogP contribution >= 0.6 is 11.6 Å². The van der Waals surface area contributed by atoms with Crippen molar-refractivity contribution in [1.29, 1.82) is 5.26 Å². The first-order valence-corrected chi connectivity index (χ1v) is 9.10. The number of carbonyl (C=O) groups is 2. The van der Waals surface area contributed by atoms with Gasteiger partial charge in [0, 0.05) is 24.8 Å². The van der Waals surface area contributed by atoms with Gasteiger partial charge >= 0.3 is 0 Å². The summed E-state index contributed by atoms with van der Waals surface area (Å²) in [5.74, 6) is -0.747. The van der Waals surface area contributed by atoms with E-state index < -0.39 is 11.8 Å². The van der Waals surface area contributed by atoms with Crippen molar-refractivity contribution in [2.24, 2.45) is 4.99 Å². The van der Waals surface area contributed by atoms with E-state index in [1.165, 1.54) is 7.11 Å². The summed E-state index contributed by atoms with van der Waals surface area (Å²) in [5.41, 5.74) is 1.55. The molecule has 0 spiro atoms. The van der Waals surface area contributed by atoms with Gasteiger partial charge in [-0.2, -0.15) is 5.26 Å². The first-order chi connectivity index (χ1) is 14.1. The number of rotatable bonds is 5. The number of halogens is 1. The normalized spacial score (nSPS) is 13.8. The molecular formula is C21H17ClN4O3. The van der Waals surface area contributed by atoms with Crippen LogP contribution in [0.2, 0.25) is 5.02 Å². The molecule has 0 radical (unpaired) electrons. The van der Waals surface area contributed by atoms with Crippen LogP contribution in [0.3, 0.4) is 0 Å². The number of hydrogen-bond acceptors (Lipinski definition) is 5. The van der Waals surface area contributed by atoms with E-state index in [1.807, 2.05) is 6.07 Å². The second kappa shape index (κ2) is 9.15. The number of aliphatic imine (C=N–C) groups is 1. The van der Waals surface area contributed by atoms with Gasteiger partial charge in [-0.05, 0) is 12.1 Å². The zero-order valence-electron chi connectivity index (χ0n) is 15.5. The lowest BCUT2D eigenvalue weighted by atomic mass is 10.0. The Hall–Kier alpha value is -3.47. The topological polar surface area (TPSA) is 104 Å². The Morgan fingerprint density at radius 2 is 1.83 bits per heavy atom. The molecule has 2 aromatic rings. The van der Waals surface area contributed by atoms with Crippen molar-refractivity contribution in [3.63, 3.8) is 0 Å². The average molecular weight is 409 g/mol. The molecule has 1 aliphatic rings. The van der Waals surface area contributed by atoms with Gasteiger partial charge in [-0.15, -0.1) is 0 Å². The molecule has 8 heteroatoms. The summed E-state index contributed by atoms with van der Waals surface area (Å²) in [7, 11) is 1.52. The Kier molecular flexibility index (Phi) is 6.39. The highest BCUT2D eigenvalue weighted by molar-refractivity contribution is 6.34. The highest BCUT2D eigenvalue weighted by atomic mass is 35.5. The monoisotopic (exact) mass is 408 g/mol. The molecule has 0 atom stereocenters. The van der Waals surface area contributed by atoms with Crippen LogP contribution in [0.15, 0.2) is 59.1 Å². The molecule has 1 aliphatic heterocycles. The molecule has 1 heterocycles. The molecule has 3 rings (SSSR count). The van der Waals surface area contributed by atoms with Gasteiger partial charge in [0.05, 0.1) is 22.9 Å². The van der Waals surface area contributed by atoms with Crippen LogP contribution in [0, 0.1) is 11.3 Å². The third-order valence-electron chi connectivity index (χ3n) is 4.18. The van der Waals surface area contributed by atoms with Gasteiger partial charge in [0.15, 0.2) is 0 Å². The molecule has 0 bridgehead atoms. The molecule has 0 saturated carbocycles. The van der Waals surface area contributed by atoms with E-state index in [0.29, 0.717) is 28.3 Å². The van der Waals surface area contributed by atoms with Crippen LogP contribution in [-0.4, -0.2) is 37.9 Å². The van der Waals surface area contributed by atoms with Crippen LogP contribution in [0.25, 0.3) is 5.70 Å². The Bertz CT molecular complexity index is 1070. The Morgan fingerprint density at radius 3 is 2.52 bits per heavy atom. The van der Waals surface area contributed by atoms with E-state index in [2.05, 4.69) is 15.6 Å². The summed E-state index contributed by atoms with van der Waals surface area (Å²) in [6, 6.07) is 15.6. The molecule has 2 aromatic carbocycles. The molecule has 29 heavy (non-hydrogen) atoms. The van der Waals surface area contributed by atoms with Gasteiger partial charge in [0.2, 0.25) is 0 Å². The van der Waals surface area contributed by atoms with Gasteiger partial charge in [0.1, 0.15) is 17.5 Å². The van der Waals surface area contributed by atoms with E-state index in [4.69, 9.17) is 16.3 Å².